The number of likely N-dealkylation sites (tertiary alicyclic amines) is 1. The number of benzene rings is 1. The van der Waals surface area contributed by atoms with Crippen molar-refractivity contribution in [1.82, 2.24) is 24.9 Å². The van der Waals surface area contributed by atoms with Gasteiger partial charge in [0.05, 0.1) is 18.4 Å². The van der Waals surface area contributed by atoms with E-state index in [9.17, 15) is 4.79 Å². The van der Waals surface area contributed by atoms with Crippen LogP contribution in [0, 0.1) is 0 Å². The van der Waals surface area contributed by atoms with Gasteiger partial charge in [0.2, 0.25) is 0 Å². The molecule has 8 nitrogen and oxygen atoms in total. The van der Waals surface area contributed by atoms with Crippen molar-refractivity contribution in [3.63, 3.8) is 0 Å². The molecule has 140 valence electrons. The van der Waals surface area contributed by atoms with Crippen molar-refractivity contribution < 1.29 is 9.53 Å². The summed E-state index contributed by atoms with van der Waals surface area (Å²) in [6, 6.07) is 9.33. The van der Waals surface area contributed by atoms with Gasteiger partial charge in [0.1, 0.15) is 11.0 Å². The highest BCUT2D eigenvalue weighted by molar-refractivity contribution is 5.98. The number of nitrogens with one attached hydrogen (secondary N) is 1. The lowest BCUT2D eigenvalue weighted by Gasteiger charge is -2.32. The van der Waals surface area contributed by atoms with Crippen LogP contribution in [0.2, 0.25) is 0 Å². The van der Waals surface area contributed by atoms with Crippen molar-refractivity contribution in [3.8, 4) is 0 Å². The van der Waals surface area contributed by atoms with Gasteiger partial charge in [-0.05, 0) is 36.6 Å². The van der Waals surface area contributed by atoms with Gasteiger partial charge in [-0.2, -0.15) is 15.0 Å². The van der Waals surface area contributed by atoms with Crippen LogP contribution in [0.3, 0.4) is 0 Å². The number of piperidine rings is 1. The molecule has 8 heteroatoms. The van der Waals surface area contributed by atoms with Gasteiger partial charge in [-0.25, -0.2) is 4.79 Å². The Hall–Kier alpha value is -3.00. The number of aromatic nitrogens is 4. The predicted molar refractivity (Wildman–Crippen MR) is 101 cm³/mol. The first-order chi connectivity index (χ1) is 13.2. The second-order valence-electron chi connectivity index (χ2n) is 6.68. The van der Waals surface area contributed by atoms with E-state index in [0.29, 0.717) is 24.4 Å². The molecule has 1 aromatic carbocycles. The quantitative estimate of drug-likeness (QED) is 0.767. The lowest BCUT2D eigenvalue weighted by molar-refractivity contribution is 0.000919. The largest absolute Gasteiger partial charge is 0.372 e. The molecule has 1 aliphatic rings. The lowest BCUT2D eigenvalue weighted by Crippen LogP contribution is -2.45. The zero-order chi connectivity index (χ0) is 18.6. The molecular weight excluding hydrogens is 344 g/mol. The fourth-order valence-corrected chi connectivity index (χ4v) is 3.29. The molecule has 0 bridgehead atoms. The van der Waals surface area contributed by atoms with Gasteiger partial charge in [0.25, 0.3) is 0 Å². The van der Waals surface area contributed by atoms with E-state index in [1.54, 1.807) is 24.3 Å². The standard InChI is InChI=1S/C19H22N6O2/c1-24-22-17-8-2-7-16(18(17)23-24)21-19(26)25-10-4-6-15(12-25)27-13-14-5-3-9-20-11-14/h2-3,5,7-9,11,15H,4,6,10,12-13H2,1H3,(H,21,26)/t15-/m0/s1. The van der Waals surface area contributed by atoms with Crippen molar-refractivity contribution in [3.05, 3.63) is 48.3 Å². The van der Waals surface area contributed by atoms with E-state index in [1.165, 1.54) is 4.80 Å². The number of rotatable bonds is 4. The number of aryl methyl sites for hydroxylation is 1. The Balaban J connectivity index is 1.38. The van der Waals surface area contributed by atoms with Crippen LogP contribution in [0.1, 0.15) is 18.4 Å². The summed E-state index contributed by atoms with van der Waals surface area (Å²) in [5.74, 6) is 0. The number of hydrogen-bond acceptors (Lipinski definition) is 5. The molecule has 2 aromatic heterocycles. The molecule has 27 heavy (non-hydrogen) atoms. The average Bonchev–Trinajstić information content (AvgIpc) is 3.09. The van der Waals surface area contributed by atoms with E-state index < -0.39 is 0 Å². The minimum atomic E-state index is -0.136. The maximum atomic E-state index is 12.7. The van der Waals surface area contributed by atoms with Crippen LogP contribution in [-0.4, -0.2) is 50.1 Å². The van der Waals surface area contributed by atoms with E-state index in [1.807, 2.05) is 30.3 Å². The number of nitrogens with zero attached hydrogens (tertiary/aromatic N) is 5. The predicted octanol–water partition coefficient (Wildman–Crippen LogP) is 2.58. The molecule has 3 heterocycles. The molecule has 0 spiro atoms. The first-order valence-electron chi connectivity index (χ1n) is 9.05. The Kier molecular flexibility index (Phi) is 4.97. The van der Waals surface area contributed by atoms with E-state index >= 15 is 0 Å². The van der Waals surface area contributed by atoms with Crippen LogP contribution in [0.5, 0.6) is 0 Å². The van der Waals surface area contributed by atoms with E-state index in [4.69, 9.17) is 4.74 Å². The summed E-state index contributed by atoms with van der Waals surface area (Å²) in [5.41, 5.74) is 3.15. The Bertz CT molecular complexity index is 926. The van der Waals surface area contributed by atoms with Crippen LogP contribution in [0.15, 0.2) is 42.7 Å². The Morgan fingerprint density at radius 1 is 1.30 bits per heavy atom. The zero-order valence-corrected chi connectivity index (χ0v) is 15.2. The summed E-state index contributed by atoms with van der Waals surface area (Å²) in [6.07, 6.45) is 5.43. The number of urea groups is 1. The maximum Gasteiger partial charge on any atom is 0.321 e. The molecular formula is C19H22N6O2. The molecule has 0 saturated carbocycles. The van der Waals surface area contributed by atoms with Gasteiger partial charge in [0, 0.05) is 32.5 Å². The minimum Gasteiger partial charge on any atom is -0.372 e. The molecule has 0 unspecified atom stereocenters. The highest BCUT2D eigenvalue weighted by Gasteiger charge is 2.25. The second kappa shape index (κ2) is 7.71. The molecule has 1 N–H and O–H groups in total. The summed E-state index contributed by atoms with van der Waals surface area (Å²) >= 11 is 0. The topological polar surface area (TPSA) is 85.2 Å². The summed E-state index contributed by atoms with van der Waals surface area (Å²) in [7, 11) is 1.76. The number of carbonyl (C=O) groups is 1. The Labute approximate surface area is 157 Å². The highest BCUT2D eigenvalue weighted by atomic mass is 16.5. The van der Waals surface area contributed by atoms with Crippen molar-refractivity contribution in [2.75, 3.05) is 18.4 Å². The Morgan fingerprint density at radius 2 is 2.22 bits per heavy atom. The number of amides is 2. The third kappa shape index (κ3) is 4.06. The number of pyridine rings is 1. The number of carbonyl (C=O) groups excluding carboxylic acids is 1. The van der Waals surface area contributed by atoms with E-state index in [0.717, 1.165) is 30.5 Å². The molecule has 0 radical (unpaired) electrons. The lowest BCUT2D eigenvalue weighted by atomic mass is 10.1. The summed E-state index contributed by atoms with van der Waals surface area (Å²) < 4.78 is 5.99. The molecule has 3 aromatic rings. The first kappa shape index (κ1) is 17.4. The van der Waals surface area contributed by atoms with Crippen LogP contribution < -0.4 is 5.32 Å². The van der Waals surface area contributed by atoms with E-state index in [2.05, 4.69) is 20.5 Å². The third-order valence-electron chi connectivity index (χ3n) is 4.63. The number of ether oxygens (including phenoxy) is 1. The van der Waals surface area contributed by atoms with Gasteiger partial charge >= 0.3 is 6.03 Å². The summed E-state index contributed by atoms with van der Waals surface area (Å²) in [4.78, 5) is 20.1. The minimum absolute atomic E-state index is 0.0250. The molecule has 4 rings (SSSR count). The number of hydrogen-bond donors (Lipinski definition) is 1. The zero-order valence-electron chi connectivity index (χ0n) is 15.2. The van der Waals surface area contributed by atoms with E-state index in [-0.39, 0.29) is 12.1 Å². The van der Waals surface area contributed by atoms with Gasteiger partial charge in [0.15, 0.2) is 0 Å². The summed E-state index contributed by atoms with van der Waals surface area (Å²) in [6.45, 7) is 1.80. The SMILES string of the molecule is Cn1nc2cccc(NC(=O)N3CCC[C@H](OCc4cccnc4)C3)c2n1. The van der Waals surface area contributed by atoms with Crippen LogP contribution >= 0.6 is 0 Å². The molecule has 1 saturated heterocycles. The van der Waals surface area contributed by atoms with Crippen molar-refractivity contribution in [2.24, 2.45) is 7.05 Å². The molecule has 1 fully saturated rings. The highest BCUT2D eigenvalue weighted by Crippen LogP contribution is 2.21. The maximum absolute atomic E-state index is 12.7. The first-order valence-corrected chi connectivity index (χ1v) is 9.05. The van der Waals surface area contributed by atoms with Crippen LogP contribution in [0.25, 0.3) is 11.0 Å². The second-order valence-corrected chi connectivity index (χ2v) is 6.68. The molecule has 1 aliphatic heterocycles. The fourth-order valence-electron chi connectivity index (χ4n) is 3.29. The Morgan fingerprint density at radius 3 is 3.07 bits per heavy atom. The van der Waals surface area contributed by atoms with Crippen LogP contribution in [-0.2, 0) is 18.4 Å². The fraction of sp³-hybridized carbons (Fsp3) is 0.368. The summed E-state index contributed by atoms with van der Waals surface area (Å²) in [5, 5.41) is 11.6. The smallest absolute Gasteiger partial charge is 0.321 e. The van der Waals surface area contributed by atoms with Crippen molar-refractivity contribution in [1.29, 1.82) is 0 Å². The average molecular weight is 366 g/mol. The van der Waals surface area contributed by atoms with Crippen molar-refractivity contribution >= 4 is 22.8 Å². The third-order valence-corrected chi connectivity index (χ3v) is 4.63. The number of anilines is 1. The monoisotopic (exact) mass is 366 g/mol. The van der Waals surface area contributed by atoms with Gasteiger partial charge in [-0.3, -0.25) is 4.98 Å². The van der Waals surface area contributed by atoms with Crippen LogP contribution in [0.4, 0.5) is 10.5 Å². The van der Waals surface area contributed by atoms with Gasteiger partial charge in [-0.1, -0.05) is 12.1 Å². The normalized spacial score (nSPS) is 17.2. The van der Waals surface area contributed by atoms with Gasteiger partial charge < -0.3 is 15.0 Å². The van der Waals surface area contributed by atoms with Crippen molar-refractivity contribution in [2.45, 2.75) is 25.6 Å². The molecule has 2 amide bonds. The number of fused-ring (bicyclic) bond motifs is 1. The molecule has 0 aliphatic carbocycles. The molecule has 1 atom stereocenters. The van der Waals surface area contributed by atoms with Gasteiger partial charge in [-0.15, -0.1) is 0 Å².